The fourth-order valence-corrected chi connectivity index (χ4v) is 2.45. The van der Waals surface area contributed by atoms with Gasteiger partial charge in [-0.1, -0.05) is 11.6 Å². The van der Waals surface area contributed by atoms with Gasteiger partial charge in [0.2, 0.25) is 11.7 Å². The highest BCUT2D eigenvalue weighted by Gasteiger charge is 2.37. The van der Waals surface area contributed by atoms with Crippen LogP contribution in [0.5, 0.6) is 0 Å². The molecule has 0 bridgehead atoms. The first-order valence-corrected chi connectivity index (χ1v) is 6.23. The third-order valence-corrected chi connectivity index (χ3v) is 3.86. The van der Waals surface area contributed by atoms with Crippen LogP contribution in [-0.2, 0) is 13.5 Å². The van der Waals surface area contributed by atoms with E-state index in [0.29, 0.717) is 18.3 Å². The summed E-state index contributed by atoms with van der Waals surface area (Å²) in [7, 11) is 1.91. The van der Waals surface area contributed by atoms with E-state index in [-0.39, 0.29) is 5.41 Å². The van der Waals surface area contributed by atoms with Crippen LogP contribution in [0.1, 0.15) is 25.2 Å². The van der Waals surface area contributed by atoms with E-state index in [1.807, 2.05) is 17.8 Å². The lowest BCUT2D eigenvalue weighted by Crippen LogP contribution is -2.39. The van der Waals surface area contributed by atoms with E-state index >= 15 is 0 Å². The molecule has 18 heavy (non-hydrogen) atoms. The van der Waals surface area contributed by atoms with Gasteiger partial charge >= 0.3 is 0 Å². The van der Waals surface area contributed by atoms with Crippen LogP contribution < -0.4 is 5.73 Å². The van der Waals surface area contributed by atoms with E-state index in [2.05, 4.69) is 15.1 Å². The van der Waals surface area contributed by atoms with Crippen molar-refractivity contribution in [2.45, 2.75) is 25.7 Å². The first kappa shape index (κ1) is 11.4. The Bertz CT molecular complexity index is 535. The Kier molecular flexibility index (Phi) is 2.66. The van der Waals surface area contributed by atoms with Crippen molar-refractivity contribution in [3.8, 4) is 11.6 Å². The van der Waals surface area contributed by atoms with Gasteiger partial charge in [0.25, 0.3) is 0 Å². The molecule has 2 heterocycles. The zero-order chi connectivity index (χ0) is 12.6. The number of nitrogens with zero attached hydrogens (tertiary/aromatic N) is 4. The summed E-state index contributed by atoms with van der Waals surface area (Å²) < 4.78 is 7.18. The van der Waals surface area contributed by atoms with Gasteiger partial charge in [-0.3, -0.25) is 0 Å². The maximum Gasteiger partial charge on any atom is 0.238 e. The van der Waals surface area contributed by atoms with E-state index in [9.17, 15) is 0 Å². The smallest absolute Gasteiger partial charge is 0.238 e. The Hall–Kier alpha value is -1.69. The highest BCUT2D eigenvalue weighted by molar-refractivity contribution is 5.42. The maximum absolute atomic E-state index is 5.84. The van der Waals surface area contributed by atoms with Crippen LogP contribution in [-0.4, -0.2) is 26.2 Å². The predicted molar refractivity (Wildman–Crippen MR) is 65.5 cm³/mol. The summed E-state index contributed by atoms with van der Waals surface area (Å²) in [4.78, 5) is 8.62. The molecule has 1 aliphatic rings. The molecule has 2 aromatic rings. The molecule has 0 aliphatic heterocycles. The summed E-state index contributed by atoms with van der Waals surface area (Å²) >= 11 is 0. The van der Waals surface area contributed by atoms with E-state index in [0.717, 1.165) is 25.1 Å². The number of imidazole rings is 1. The fourth-order valence-electron chi connectivity index (χ4n) is 2.45. The first-order chi connectivity index (χ1) is 8.72. The molecule has 0 unspecified atom stereocenters. The van der Waals surface area contributed by atoms with Gasteiger partial charge < -0.3 is 14.8 Å². The van der Waals surface area contributed by atoms with Crippen molar-refractivity contribution in [2.24, 2.45) is 18.2 Å². The second-order valence-corrected chi connectivity index (χ2v) is 5.11. The molecule has 1 aliphatic carbocycles. The van der Waals surface area contributed by atoms with Crippen molar-refractivity contribution in [3.05, 3.63) is 18.3 Å². The molecule has 3 rings (SSSR count). The summed E-state index contributed by atoms with van der Waals surface area (Å²) in [6.45, 7) is 0.688. The maximum atomic E-state index is 5.84. The van der Waals surface area contributed by atoms with Crippen LogP contribution in [0.15, 0.2) is 16.9 Å². The zero-order valence-electron chi connectivity index (χ0n) is 10.5. The van der Waals surface area contributed by atoms with Gasteiger partial charge in [0.05, 0.1) is 0 Å². The number of aryl methyl sites for hydroxylation is 1. The van der Waals surface area contributed by atoms with Crippen molar-refractivity contribution in [3.63, 3.8) is 0 Å². The van der Waals surface area contributed by atoms with Crippen molar-refractivity contribution in [1.82, 2.24) is 19.7 Å². The summed E-state index contributed by atoms with van der Waals surface area (Å²) in [6, 6.07) is 0. The second kappa shape index (κ2) is 4.20. The molecule has 2 N–H and O–H groups in total. The minimum Gasteiger partial charge on any atom is -0.339 e. The van der Waals surface area contributed by atoms with Crippen LogP contribution >= 0.6 is 0 Å². The Morgan fingerprint density at radius 1 is 1.50 bits per heavy atom. The number of rotatable bonds is 4. The summed E-state index contributed by atoms with van der Waals surface area (Å²) in [5.74, 6) is 1.93. The van der Waals surface area contributed by atoms with Gasteiger partial charge in [-0.25, -0.2) is 4.98 Å². The molecule has 0 amide bonds. The van der Waals surface area contributed by atoms with E-state index in [4.69, 9.17) is 10.3 Å². The predicted octanol–water partition coefficient (Wildman–Crippen LogP) is 1.14. The average molecular weight is 247 g/mol. The minimum atomic E-state index is 0.186. The third-order valence-electron chi connectivity index (χ3n) is 3.86. The second-order valence-electron chi connectivity index (χ2n) is 5.11. The fraction of sp³-hybridized carbons (Fsp3) is 0.583. The molecule has 2 aromatic heterocycles. The normalized spacial score (nSPS) is 17.7. The van der Waals surface area contributed by atoms with Gasteiger partial charge in [0.1, 0.15) is 0 Å². The van der Waals surface area contributed by atoms with Crippen LogP contribution in [0.2, 0.25) is 0 Å². The molecule has 1 saturated carbocycles. The Morgan fingerprint density at radius 2 is 2.33 bits per heavy atom. The summed E-state index contributed by atoms with van der Waals surface area (Å²) in [5, 5.41) is 3.99. The van der Waals surface area contributed by atoms with Crippen molar-refractivity contribution in [1.29, 1.82) is 0 Å². The third kappa shape index (κ3) is 1.82. The lowest BCUT2D eigenvalue weighted by Gasteiger charge is -2.39. The van der Waals surface area contributed by atoms with Crippen LogP contribution in [0.25, 0.3) is 11.6 Å². The van der Waals surface area contributed by atoms with E-state index < -0.39 is 0 Å². The lowest BCUT2D eigenvalue weighted by atomic mass is 9.67. The molecular weight excluding hydrogens is 230 g/mol. The number of hydrogen-bond acceptors (Lipinski definition) is 5. The largest absolute Gasteiger partial charge is 0.339 e. The SMILES string of the molecule is Cn1ccnc1-c1noc(CC2(CN)CCC2)n1. The van der Waals surface area contributed by atoms with Crippen LogP contribution in [0.3, 0.4) is 0 Å². The standard InChI is InChI=1S/C12H17N5O/c1-17-6-5-14-11(17)10-15-9(18-16-10)7-12(8-13)3-2-4-12/h5-6H,2-4,7-8,13H2,1H3. The number of nitrogens with two attached hydrogens (primary N) is 1. The lowest BCUT2D eigenvalue weighted by molar-refractivity contribution is 0.129. The highest BCUT2D eigenvalue weighted by Crippen LogP contribution is 2.42. The molecule has 0 radical (unpaired) electrons. The molecule has 0 saturated heterocycles. The van der Waals surface area contributed by atoms with Crippen LogP contribution in [0, 0.1) is 5.41 Å². The van der Waals surface area contributed by atoms with Gasteiger partial charge in [0.15, 0.2) is 5.82 Å². The molecular formula is C12H17N5O. The summed E-state index contributed by atoms with van der Waals surface area (Å²) in [5.41, 5.74) is 6.02. The van der Waals surface area contributed by atoms with Gasteiger partial charge in [-0.05, 0) is 24.8 Å². The molecule has 0 atom stereocenters. The van der Waals surface area contributed by atoms with E-state index in [1.54, 1.807) is 6.20 Å². The first-order valence-electron chi connectivity index (χ1n) is 6.23. The Balaban J connectivity index is 1.80. The van der Waals surface area contributed by atoms with Gasteiger partial charge in [0, 0.05) is 25.9 Å². The molecule has 6 nitrogen and oxygen atoms in total. The Labute approximate surface area is 105 Å². The monoisotopic (exact) mass is 247 g/mol. The molecule has 96 valence electrons. The van der Waals surface area contributed by atoms with Gasteiger partial charge in [-0.15, -0.1) is 0 Å². The quantitative estimate of drug-likeness (QED) is 0.876. The number of hydrogen-bond donors (Lipinski definition) is 1. The zero-order valence-corrected chi connectivity index (χ0v) is 10.5. The van der Waals surface area contributed by atoms with E-state index in [1.165, 1.54) is 6.42 Å². The van der Waals surface area contributed by atoms with Crippen molar-refractivity contribution >= 4 is 0 Å². The topological polar surface area (TPSA) is 82.8 Å². The average Bonchev–Trinajstić information content (AvgIpc) is 2.92. The summed E-state index contributed by atoms with van der Waals surface area (Å²) in [6.07, 6.45) is 7.92. The number of aromatic nitrogens is 4. The Morgan fingerprint density at radius 3 is 2.89 bits per heavy atom. The highest BCUT2D eigenvalue weighted by atomic mass is 16.5. The molecule has 0 spiro atoms. The molecule has 0 aromatic carbocycles. The van der Waals surface area contributed by atoms with Gasteiger partial charge in [-0.2, -0.15) is 4.98 Å². The van der Waals surface area contributed by atoms with Crippen LogP contribution in [0.4, 0.5) is 0 Å². The van der Waals surface area contributed by atoms with Crippen molar-refractivity contribution in [2.75, 3.05) is 6.54 Å². The molecule has 1 fully saturated rings. The van der Waals surface area contributed by atoms with Crippen molar-refractivity contribution < 1.29 is 4.52 Å². The minimum absolute atomic E-state index is 0.186. The molecule has 6 heteroatoms.